The molecule has 0 aromatic carbocycles. The van der Waals surface area contributed by atoms with Gasteiger partial charge in [0.1, 0.15) is 18.2 Å². The summed E-state index contributed by atoms with van der Waals surface area (Å²) in [4.78, 5) is 42.0. The van der Waals surface area contributed by atoms with Gasteiger partial charge >= 0.3 is 11.9 Å². The summed E-state index contributed by atoms with van der Waals surface area (Å²) >= 11 is 0. The zero-order valence-corrected chi connectivity index (χ0v) is 55.1. The van der Waals surface area contributed by atoms with E-state index in [9.17, 15) is 14.4 Å². The van der Waals surface area contributed by atoms with Crippen molar-refractivity contribution in [1.29, 1.82) is 0 Å². The third-order valence-corrected chi connectivity index (χ3v) is 26.9. The molecular formula is C75H127NO5. The van der Waals surface area contributed by atoms with Gasteiger partial charge in [0.25, 0.3) is 0 Å². The van der Waals surface area contributed by atoms with Crippen molar-refractivity contribution in [2.75, 3.05) is 0 Å². The lowest BCUT2D eigenvalue weighted by molar-refractivity contribution is -0.157. The monoisotopic (exact) mass is 1120 g/mol. The van der Waals surface area contributed by atoms with Crippen molar-refractivity contribution in [3.05, 3.63) is 23.3 Å². The highest BCUT2D eigenvalue weighted by Gasteiger charge is 2.61. The van der Waals surface area contributed by atoms with E-state index in [0.717, 1.165) is 135 Å². The number of rotatable bonds is 29. The Morgan fingerprint density at radius 3 is 1.43 bits per heavy atom. The van der Waals surface area contributed by atoms with Gasteiger partial charge in [0.2, 0.25) is 5.91 Å². The normalized spacial score (nSPS) is 37.0. The van der Waals surface area contributed by atoms with Crippen LogP contribution in [0.5, 0.6) is 0 Å². The van der Waals surface area contributed by atoms with Gasteiger partial charge in [0.05, 0.1) is 0 Å². The van der Waals surface area contributed by atoms with E-state index in [1.807, 2.05) is 0 Å². The summed E-state index contributed by atoms with van der Waals surface area (Å²) in [5.74, 6) is 10.4. The second-order valence-corrected chi connectivity index (χ2v) is 31.8. The molecule has 0 aromatic heterocycles. The van der Waals surface area contributed by atoms with Gasteiger partial charge in [-0.25, -0.2) is 4.79 Å². The average Bonchev–Trinajstić information content (AvgIpc) is 2.69. The molecule has 8 aliphatic rings. The van der Waals surface area contributed by atoms with Crippen LogP contribution in [0.25, 0.3) is 0 Å². The molecule has 0 saturated heterocycles. The lowest BCUT2D eigenvalue weighted by atomic mass is 9.47. The van der Waals surface area contributed by atoms with Crippen LogP contribution in [-0.2, 0) is 23.9 Å². The fourth-order valence-corrected chi connectivity index (χ4v) is 21.6. The summed E-state index contributed by atoms with van der Waals surface area (Å²) in [6.45, 7) is 32.4. The van der Waals surface area contributed by atoms with E-state index in [4.69, 9.17) is 9.47 Å². The predicted molar refractivity (Wildman–Crippen MR) is 337 cm³/mol. The lowest BCUT2D eigenvalue weighted by Crippen LogP contribution is -2.51. The van der Waals surface area contributed by atoms with Crippen molar-refractivity contribution < 1.29 is 23.9 Å². The van der Waals surface area contributed by atoms with Gasteiger partial charge in [-0.15, -0.1) is 0 Å². The van der Waals surface area contributed by atoms with E-state index in [-0.39, 0.29) is 53.7 Å². The Morgan fingerprint density at radius 2 is 0.975 bits per heavy atom. The first kappa shape index (κ1) is 64.9. The van der Waals surface area contributed by atoms with Crippen LogP contribution in [0.1, 0.15) is 308 Å². The minimum absolute atomic E-state index is 0.0971. The van der Waals surface area contributed by atoms with E-state index in [1.54, 1.807) is 0 Å². The highest BCUT2D eigenvalue weighted by molar-refractivity contribution is 5.85. The van der Waals surface area contributed by atoms with Crippen molar-refractivity contribution in [3.63, 3.8) is 0 Å². The SMILES string of the molecule is CCCCCCCCCCCC(=O)N[C@@H](CCC(=O)OC1CCC2(C)C(=CCC3C2CCC2(C)C(C(C)CCC(CC)C(C)C)CCC32)C1)C(=O)OC1CCC2(C)C(=CCC3C2CCC2(C)C(C(C)CCC(CC)C(C)C)CCC32)C1. The standard InChI is InChI=1S/C75H127NO5/c1-14-17-18-19-20-21-22-23-24-25-69(77)76-68(71(79)81-59-41-45-73(11)57(49-59)31-33-61-65-37-35-63(75(65,13)47-43-67(61)73)53(9)27-29-55(16-3)51(6)7)38-39-70(78)80-58-40-44-72(10)56(48-58)30-32-60-64-36-34-62(74(64,12)46-42-66(60)72)52(8)26-28-54(15-2)50(4)5/h30-31,50-55,58-68H,14-29,32-49H2,1-13H3,(H,76,77)/t52?,53?,54?,55?,58?,59?,60?,61?,62?,63?,64?,65?,66?,67?,68-,72?,73?,74?,75?/m0/s1. The molecule has 8 rings (SSSR count). The summed E-state index contributed by atoms with van der Waals surface area (Å²) < 4.78 is 12.9. The third-order valence-electron chi connectivity index (χ3n) is 26.9. The molecule has 6 saturated carbocycles. The summed E-state index contributed by atoms with van der Waals surface area (Å²) in [5, 5.41) is 3.12. The zero-order valence-electron chi connectivity index (χ0n) is 55.1. The first-order chi connectivity index (χ1) is 38.7. The Morgan fingerprint density at radius 1 is 0.519 bits per heavy atom. The number of nitrogens with one attached hydrogen (secondary N) is 1. The fraction of sp³-hybridized carbons (Fsp3) is 0.907. The summed E-state index contributed by atoms with van der Waals surface area (Å²) in [6, 6.07) is -0.857. The maximum Gasteiger partial charge on any atom is 0.328 e. The second-order valence-electron chi connectivity index (χ2n) is 31.8. The number of hydrogen-bond acceptors (Lipinski definition) is 5. The molecule has 19 atom stereocenters. The smallest absolute Gasteiger partial charge is 0.328 e. The van der Waals surface area contributed by atoms with Crippen LogP contribution in [0.15, 0.2) is 23.3 Å². The van der Waals surface area contributed by atoms with Crippen LogP contribution < -0.4 is 5.32 Å². The van der Waals surface area contributed by atoms with Crippen LogP contribution >= 0.6 is 0 Å². The number of amides is 1. The number of esters is 2. The largest absolute Gasteiger partial charge is 0.462 e. The van der Waals surface area contributed by atoms with Crippen LogP contribution in [0.4, 0.5) is 0 Å². The molecule has 0 bridgehead atoms. The lowest BCUT2D eigenvalue weighted by Gasteiger charge is -2.58. The molecule has 6 heteroatoms. The Bertz CT molecular complexity index is 2110. The van der Waals surface area contributed by atoms with Gasteiger partial charge in [-0.1, -0.05) is 190 Å². The molecule has 0 heterocycles. The van der Waals surface area contributed by atoms with Crippen molar-refractivity contribution >= 4 is 17.8 Å². The van der Waals surface area contributed by atoms with Crippen LogP contribution in [-0.4, -0.2) is 36.1 Å². The van der Waals surface area contributed by atoms with Gasteiger partial charge < -0.3 is 14.8 Å². The maximum absolute atomic E-state index is 14.4. The van der Waals surface area contributed by atoms with Crippen LogP contribution in [0.3, 0.4) is 0 Å². The van der Waals surface area contributed by atoms with E-state index in [2.05, 4.69) is 107 Å². The summed E-state index contributed by atoms with van der Waals surface area (Å²) in [7, 11) is 0. The zero-order chi connectivity index (χ0) is 58.3. The number of hydrogen-bond donors (Lipinski definition) is 1. The molecule has 1 N–H and O–H groups in total. The highest BCUT2D eigenvalue weighted by atomic mass is 16.5. The minimum atomic E-state index is -0.857. The molecule has 1 amide bonds. The van der Waals surface area contributed by atoms with E-state index >= 15 is 0 Å². The molecule has 0 aliphatic heterocycles. The Kier molecular flexibility index (Phi) is 22.9. The number of ether oxygens (including phenoxy) is 2. The second kappa shape index (κ2) is 28.6. The van der Waals surface area contributed by atoms with E-state index < -0.39 is 6.04 Å². The van der Waals surface area contributed by atoms with Gasteiger partial charge in [0.15, 0.2) is 0 Å². The Hall–Kier alpha value is -2.11. The van der Waals surface area contributed by atoms with Crippen molar-refractivity contribution in [3.8, 4) is 0 Å². The van der Waals surface area contributed by atoms with Crippen LogP contribution in [0, 0.1) is 105 Å². The highest BCUT2D eigenvalue weighted by Crippen LogP contribution is 2.69. The van der Waals surface area contributed by atoms with Crippen LogP contribution in [0.2, 0.25) is 0 Å². The molecule has 0 spiro atoms. The molecule has 462 valence electrons. The van der Waals surface area contributed by atoms with E-state index in [0.29, 0.717) is 23.2 Å². The molecule has 6 nitrogen and oxygen atoms in total. The number of fused-ring (bicyclic) bond motifs is 10. The van der Waals surface area contributed by atoms with E-state index in [1.165, 1.54) is 152 Å². The first-order valence-corrected chi connectivity index (χ1v) is 35.8. The van der Waals surface area contributed by atoms with Gasteiger partial charge in [-0.3, -0.25) is 9.59 Å². The molecule has 8 aliphatic carbocycles. The maximum atomic E-state index is 14.4. The first-order valence-electron chi connectivity index (χ1n) is 35.8. The van der Waals surface area contributed by atoms with Gasteiger partial charge in [-0.05, 0) is 220 Å². The fourth-order valence-electron chi connectivity index (χ4n) is 21.6. The summed E-state index contributed by atoms with van der Waals surface area (Å²) in [6.07, 6.45) is 43.2. The number of carbonyl (C=O) groups excluding carboxylic acids is 3. The van der Waals surface area contributed by atoms with Gasteiger partial charge in [0, 0.05) is 25.7 Å². The van der Waals surface area contributed by atoms with Crippen molar-refractivity contribution in [2.45, 2.75) is 327 Å². The molecule has 0 aromatic rings. The van der Waals surface area contributed by atoms with Gasteiger partial charge in [-0.2, -0.15) is 0 Å². The number of carbonyl (C=O) groups is 3. The average molecular weight is 1120 g/mol. The molecule has 6 fully saturated rings. The Labute approximate surface area is 499 Å². The minimum Gasteiger partial charge on any atom is -0.462 e. The molecular weight excluding hydrogens is 995 g/mol. The molecule has 0 radical (unpaired) electrons. The van der Waals surface area contributed by atoms with Crippen molar-refractivity contribution in [1.82, 2.24) is 5.32 Å². The van der Waals surface area contributed by atoms with Crippen molar-refractivity contribution in [2.24, 2.45) is 105 Å². The number of unbranched alkanes of at least 4 members (excludes halogenated alkanes) is 8. The quantitative estimate of drug-likeness (QED) is 0.0458. The number of allylic oxidation sites excluding steroid dienone is 2. The molecule has 81 heavy (non-hydrogen) atoms. The Balaban J connectivity index is 0.853. The topological polar surface area (TPSA) is 81.7 Å². The third kappa shape index (κ3) is 14.5. The molecule has 18 unspecified atom stereocenters. The predicted octanol–water partition coefficient (Wildman–Crippen LogP) is 20.4. The summed E-state index contributed by atoms with van der Waals surface area (Å²) in [5.41, 5.74) is 4.30.